The number of nitrogens with zero attached hydrogens (tertiary/aromatic N) is 1. The van der Waals surface area contributed by atoms with Gasteiger partial charge in [0.15, 0.2) is 9.84 Å². The molecule has 14 nitrogen and oxygen atoms in total. The van der Waals surface area contributed by atoms with Gasteiger partial charge in [0.2, 0.25) is 17.7 Å². The Kier molecular flexibility index (Phi) is 14.8. The van der Waals surface area contributed by atoms with Gasteiger partial charge in [-0.2, -0.15) is 0 Å². The normalized spacial score (nSPS) is 16.7. The molecular weight excluding hydrogens is 472 g/mol. The summed E-state index contributed by atoms with van der Waals surface area (Å²) in [7, 11) is -3.18. The van der Waals surface area contributed by atoms with Crippen LogP contribution in [0.1, 0.15) is 19.3 Å². The minimum absolute atomic E-state index is 0.0246. The lowest BCUT2D eigenvalue weighted by Gasteiger charge is -2.19. The first-order valence-corrected chi connectivity index (χ1v) is 13.0. The van der Waals surface area contributed by atoms with E-state index in [-0.39, 0.29) is 82.1 Å². The van der Waals surface area contributed by atoms with Gasteiger partial charge in [-0.25, -0.2) is 8.42 Å². The van der Waals surface area contributed by atoms with Gasteiger partial charge in [-0.3, -0.25) is 19.7 Å². The van der Waals surface area contributed by atoms with E-state index in [1.54, 1.807) is 0 Å². The van der Waals surface area contributed by atoms with Crippen molar-refractivity contribution in [1.82, 2.24) is 20.9 Å². The highest BCUT2D eigenvalue weighted by Crippen LogP contribution is 2.10. The monoisotopic (exact) mass is 510 g/mol. The van der Waals surface area contributed by atoms with Crippen LogP contribution in [0.25, 0.3) is 0 Å². The van der Waals surface area contributed by atoms with E-state index in [9.17, 15) is 22.8 Å². The number of sulfone groups is 1. The summed E-state index contributed by atoms with van der Waals surface area (Å²) in [6.45, 7) is 1.15. The lowest BCUT2D eigenvalue weighted by atomic mass is 10.1. The molecular formula is C19H38N6O8S. The maximum absolute atomic E-state index is 12.1. The summed E-state index contributed by atoms with van der Waals surface area (Å²) in [5.41, 5.74) is 11.1. The van der Waals surface area contributed by atoms with Crippen molar-refractivity contribution in [2.45, 2.75) is 31.3 Å². The van der Waals surface area contributed by atoms with E-state index in [0.717, 1.165) is 0 Å². The second kappa shape index (κ2) is 16.7. The molecule has 1 fully saturated rings. The Labute approximate surface area is 200 Å². The summed E-state index contributed by atoms with van der Waals surface area (Å²) in [4.78, 5) is 36.8. The van der Waals surface area contributed by atoms with Crippen molar-refractivity contribution in [3.63, 3.8) is 0 Å². The zero-order valence-corrected chi connectivity index (χ0v) is 20.2. The van der Waals surface area contributed by atoms with E-state index in [1.807, 2.05) is 0 Å². The minimum atomic E-state index is -3.18. The number of aliphatic hydroxyl groups is 1. The van der Waals surface area contributed by atoms with E-state index in [2.05, 4.69) is 16.0 Å². The number of carbonyl (C=O) groups excluding carboxylic acids is 3. The van der Waals surface area contributed by atoms with Gasteiger partial charge in [-0.05, 0) is 19.3 Å². The number of amides is 3. The minimum Gasteiger partial charge on any atom is -0.394 e. The summed E-state index contributed by atoms with van der Waals surface area (Å²) in [5.74, 6) is -1.31. The Morgan fingerprint density at radius 1 is 1.06 bits per heavy atom. The SMILES string of the molecule is NCN[C@@H](CO)C(=O)NCCOCCOCC(=O)NCCCCC(N)C(=O)N1CCS(=O)(=O)C1. The van der Waals surface area contributed by atoms with Crippen LogP contribution in [0.5, 0.6) is 0 Å². The molecule has 2 atom stereocenters. The molecule has 1 heterocycles. The van der Waals surface area contributed by atoms with Crippen LogP contribution in [0, 0.1) is 0 Å². The molecule has 0 bridgehead atoms. The van der Waals surface area contributed by atoms with Gasteiger partial charge >= 0.3 is 0 Å². The zero-order chi connectivity index (χ0) is 25.4. The van der Waals surface area contributed by atoms with Crippen LogP contribution < -0.4 is 27.4 Å². The Bertz CT molecular complexity index is 738. The maximum Gasteiger partial charge on any atom is 0.245 e. The quantitative estimate of drug-likeness (QED) is 0.0768. The molecule has 0 aromatic carbocycles. The van der Waals surface area contributed by atoms with Gasteiger partial charge in [0.05, 0.1) is 38.2 Å². The van der Waals surface area contributed by atoms with Crippen molar-refractivity contribution in [2.75, 3.05) is 71.0 Å². The third-order valence-corrected chi connectivity index (χ3v) is 6.44. The van der Waals surface area contributed by atoms with Crippen molar-refractivity contribution in [3.8, 4) is 0 Å². The van der Waals surface area contributed by atoms with Gasteiger partial charge in [-0.1, -0.05) is 0 Å². The van der Waals surface area contributed by atoms with E-state index < -0.39 is 21.9 Å². The molecule has 3 amide bonds. The van der Waals surface area contributed by atoms with Crippen LogP contribution >= 0.6 is 0 Å². The molecule has 8 N–H and O–H groups in total. The number of nitrogens with two attached hydrogens (primary N) is 2. The van der Waals surface area contributed by atoms with Gasteiger partial charge < -0.3 is 41.6 Å². The molecule has 0 saturated carbocycles. The third-order valence-electron chi connectivity index (χ3n) is 4.93. The van der Waals surface area contributed by atoms with Crippen LogP contribution in [0.2, 0.25) is 0 Å². The Hall–Kier alpha value is -1.88. The topological polar surface area (TPSA) is 215 Å². The molecule has 34 heavy (non-hydrogen) atoms. The number of carbonyl (C=O) groups is 3. The lowest BCUT2D eigenvalue weighted by molar-refractivity contribution is -0.131. The zero-order valence-electron chi connectivity index (χ0n) is 19.4. The third kappa shape index (κ3) is 12.5. The number of unbranched alkanes of at least 4 members (excludes halogenated alkanes) is 1. The van der Waals surface area contributed by atoms with Crippen LogP contribution in [-0.2, 0) is 33.7 Å². The number of aliphatic hydroxyl groups excluding tert-OH is 1. The number of ether oxygens (including phenoxy) is 2. The molecule has 0 aromatic heterocycles. The van der Waals surface area contributed by atoms with E-state index in [1.165, 1.54) is 4.90 Å². The average Bonchev–Trinajstić information content (AvgIpc) is 3.17. The largest absolute Gasteiger partial charge is 0.394 e. The van der Waals surface area contributed by atoms with Crippen LogP contribution in [0.4, 0.5) is 0 Å². The van der Waals surface area contributed by atoms with Crippen LogP contribution in [0.15, 0.2) is 0 Å². The molecule has 0 aromatic rings. The standard InChI is InChI=1S/C19H38N6O8S/c20-13-24-16(11-26)18(28)23-5-7-32-8-9-33-12-17(27)22-4-2-1-3-15(21)19(29)25-6-10-34(30,31)14-25/h15-16,24,26H,1-14,20-21H2,(H,22,27)(H,23,28)/t15?,16-/m0/s1. The summed E-state index contributed by atoms with van der Waals surface area (Å²) >= 11 is 0. The lowest BCUT2D eigenvalue weighted by Crippen LogP contribution is -2.49. The summed E-state index contributed by atoms with van der Waals surface area (Å²) in [6, 6.07) is -1.51. The van der Waals surface area contributed by atoms with Crippen molar-refractivity contribution < 1.29 is 37.4 Å². The molecule has 0 radical (unpaired) electrons. The molecule has 0 spiro atoms. The number of hydrogen-bond donors (Lipinski definition) is 6. The van der Waals surface area contributed by atoms with Gasteiger partial charge in [0, 0.05) is 26.3 Å². The predicted molar refractivity (Wildman–Crippen MR) is 123 cm³/mol. The van der Waals surface area contributed by atoms with Crippen molar-refractivity contribution in [1.29, 1.82) is 0 Å². The molecule has 1 aliphatic heterocycles. The highest BCUT2D eigenvalue weighted by Gasteiger charge is 2.31. The van der Waals surface area contributed by atoms with Gasteiger partial charge in [-0.15, -0.1) is 0 Å². The second-order valence-electron chi connectivity index (χ2n) is 7.73. The molecule has 0 aliphatic carbocycles. The van der Waals surface area contributed by atoms with Crippen molar-refractivity contribution >= 4 is 27.6 Å². The fraction of sp³-hybridized carbons (Fsp3) is 0.842. The summed E-state index contributed by atoms with van der Waals surface area (Å²) in [6.07, 6.45) is 1.64. The van der Waals surface area contributed by atoms with Crippen LogP contribution in [0.3, 0.4) is 0 Å². The number of nitrogens with one attached hydrogen (secondary N) is 3. The second-order valence-corrected chi connectivity index (χ2v) is 9.88. The van der Waals surface area contributed by atoms with Crippen LogP contribution in [-0.4, -0.2) is 119 Å². The summed E-state index contributed by atoms with van der Waals surface area (Å²) < 4.78 is 33.4. The highest BCUT2D eigenvalue weighted by molar-refractivity contribution is 7.91. The first-order valence-electron chi connectivity index (χ1n) is 11.2. The Balaban J connectivity index is 1.96. The number of rotatable bonds is 18. The predicted octanol–water partition coefficient (Wildman–Crippen LogP) is -4.17. The molecule has 15 heteroatoms. The maximum atomic E-state index is 12.1. The van der Waals surface area contributed by atoms with Crippen molar-refractivity contribution in [2.24, 2.45) is 11.5 Å². The van der Waals surface area contributed by atoms with Gasteiger partial charge in [0.25, 0.3) is 0 Å². The van der Waals surface area contributed by atoms with E-state index in [4.69, 9.17) is 26.0 Å². The molecule has 1 aliphatic rings. The highest BCUT2D eigenvalue weighted by atomic mass is 32.2. The average molecular weight is 511 g/mol. The fourth-order valence-electron chi connectivity index (χ4n) is 3.05. The number of hydrogen-bond acceptors (Lipinski definition) is 11. The first kappa shape index (κ1) is 30.2. The molecule has 198 valence electrons. The smallest absolute Gasteiger partial charge is 0.245 e. The first-order chi connectivity index (χ1) is 16.2. The van der Waals surface area contributed by atoms with E-state index in [0.29, 0.717) is 25.8 Å². The van der Waals surface area contributed by atoms with Gasteiger partial charge in [0.1, 0.15) is 18.5 Å². The molecule has 1 rings (SSSR count). The molecule has 1 saturated heterocycles. The fourth-order valence-corrected chi connectivity index (χ4v) is 4.41. The Morgan fingerprint density at radius 2 is 1.79 bits per heavy atom. The Morgan fingerprint density at radius 3 is 2.44 bits per heavy atom. The van der Waals surface area contributed by atoms with E-state index >= 15 is 0 Å². The van der Waals surface area contributed by atoms with Crippen molar-refractivity contribution in [3.05, 3.63) is 0 Å². The molecule has 1 unspecified atom stereocenters. The summed E-state index contributed by atoms with van der Waals surface area (Å²) in [5, 5.41) is 17.0.